The number of fused-ring (bicyclic) bond motifs is 1. The number of piperidine rings is 2. The van der Waals surface area contributed by atoms with Crippen molar-refractivity contribution < 1.29 is 9.53 Å². The predicted molar refractivity (Wildman–Crippen MR) is 107 cm³/mol. The summed E-state index contributed by atoms with van der Waals surface area (Å²) in [6.07, 6.45) is 8.65. The van der Waals surface area contributed by atoms with Crippen LogP contribution in [0, 0.1) is 12.3 Å². The van der Waals surface area contributed by atoms with Crippen molar-refractivity contribution >= 4 is 17.1 Å². The summed E-state index contributed by atoms with van der Waals surface area (Å²) in [6.45, 7) is 3.39. The number of benzene rings is 1. The van der Waals surface area contributed by atoms with E-state index in [4.69, 9.17) is 11.2 Å². The fraction of sp³-hybridized carbons (Fsp3) is 0.524. The third kappa shape index (κ3) is 3.65. The van der Waals surface area contributed by atoms with E-state index in [1.54, 1.807) is 4.90 Å². The first-order valence-electron chi connectivity index (χ1n) is 9.96. The second kappa shape index (κ2) is 8.11. The standard InChI is InChI=1S/C21H26N4O3/c1-2-15-28-21(27)24-13-7-16(8-14-24)23-11-9-17(10-12-23)25-19-6-4-3-5-18(19)22-20(25)26/h1,3-6,16-17H,7-15H2,(H,22,26). The number of aromatic nitrogens is 2. The Balaban J connectivity index is 1.33. The zero-order valence-corrected chi connectivity index (χ0v) is 16.0. The van der Waals surface area contributed by atoms with E-state index in [1.165, 1.54) is 0 Å². The van der Waals surface area contributed by atoms with Gasteiger partial charge in [0.1, 0.15) is 0 Å². The number of ether oxygens (including phenoxy) is 1. The Morgan fingerprint density at radius 1 is 1.11 bits per heavy atom. The first-order chi connectivity index (χ1) is 13.7. The van der Waals surface area contributed by atoms with Crippen molar-refractivity contribution in [2.24, 2.45) is 0 Å². The second-order valence-corrected chi connectivity index (χ2v) is 7.56. The molecule has 2 aromatic rings. The van der Waals surface area contributed by atoms with Gasteiger partial charge in [0.05, 0.1) is 11.0 Å². The summed E-state index contributed by atoms with van der Waals surface area (Å²) in [5.74, 6) is 2.32. The van der Waals surface area contributed by atoms with Crippen molar-refractivity contribution in [2.75, 3.05) is 32.8 Å². The number of likely N-dealkylation sites (tertiary alicyclic amines) is 2. The zero-order chi connectivity index (χ0) is 19.5. The molecule has 0 saturated carbocycles. The molecule has 0 unspecified atom stereocenters. The molecule has 0 atom stereocenters. The Bertz CT molecular complexity index is 925. The number of carbonyl (C=O) groups is 1. The van der Waals surface area contributed by atoms with Crippen molar-refractivity contribution in [1.82, 2.24) is 19.4 Å². The fourth-order valence-electron chi connectivity index (χ4n) is 4.55. The van der Waals surface area contributed by atoms with E-state index in [2.05, 4.69) is 15.8 Å². The fourth-order valence-corrected chi connectivity index (χ4v) is 4.55. The summed E-state index contributed by atoms with van der Waals surface area (Å²) >= 11 is 0. The lowest BCUT2D eigenvalue weighted by molar-refractivity contribution is 0.0651. The summed E-state index contributed by atoms with van der Waals surface area (Å²) in [7, 11) is 0. The van der Waals surface area contributed by atoms with Crippen molar-refractivity contribution in [3.05, 3.63) is 34.7 Å². The maximum Gasteiger partial charge on any atom is 0.410 e. The number of amides is 1. The highest BCUT2D eigenvalue weighted by Crippen LogP contribution is 2.28. The summed E-state index contributed by atoms with van der Waals surface area (Å²) in [4.78, 5) is 31.6. The maximum absolute atomic E-state index is 12.4. The van der Waals surface area contributed by atoms with Crippen LogP contribution in [0.2, 0.25) is 0 Å². The summed E-state index contributed by atoms with van der Waals surface area (Å²) in [5, 5.41) is 0. The zero-order valence-electron chi connectivity index (χ0n) is 16.0. The molecule has 2 aliphatic rings. The number of nitrogens with zero attached hydrogens (tertiary/aromatic N) is 3. The van der Waals surface area contributed by atoms with Crippen LogP contribution < -0.4 is 5.69 Å². The SMILES string of the molecule is C#CCOC(=O)N1CCC(N2CCC(n3c(=O)[nH]c4ccccc43)CC2)CC1. The van der Waals surface area contributed by atoms with Crippen molar-refractivity contribution in [2.45, 2.75) is 37.8 Å². The van der Waals surface area contributed by atoms with E-state index in [-0.39, 0.29) is 24.4 Å². The molecule has 148 valence electrons. The molecule has 4 rings (SSSR count). The molecule has 1 aromatic carbocycles. The average Bonchev–Trinajstić information content (AvgIpc) is 3.08. The normalized spacial score (nSPS) is 19.6. The third-order valence-corrected chi connectivity index (χ3v) is 6.01. The molecule has 1 amide bonds. The summed E-state index contributed by atoms with van der Waals surface area (Å²) in [6, 6.07) is 8.60. The molecule has 2 aliphatic heterocycles. The number of terminal acetylenes is 1. The Hall–Kier alpha value is -2.72. The van der Waals surface area contributed by atoms with Gasteiger partial charge in [-0.15, -0.1) is 6.42 Å². The van der Waals surface area contributed by atoms with Crippen LogP contribution in [0.3, 0.4) is 0 Å². The van der Waals surface area contributed by atoms with Gasteiger partial charge in [-0.1, -0.05) is 18.1 Å². The minimum atomic E-state index is -0.311. The molecule has 0 bridgehead atoms. The molecule has 7 nitrogen and oxygen atoms in total. The monoisotopic (exact) mass is 382 g/mol. The summed E-state index contributed by atoms with van der Waals surface area (Å²) < 4.78 is 6.94. The largest absolute Gasteiger partial charge is 0.436 e. The average molecular weight is 382 g/mol. The number of carbonyl (C=O) groups excluding carboxylic acids is 1. The van der Waals surface area contributed by atoms with Gasteiger partial charge in [-0.2, -0.15) is 0 Å². The van der Waals surface area contributed by atoms with Gasteiger partial charge in [-0.3, -0.25) is 4.57 Å². The molecule has 0 spiro atoms. The van der Waals surface area contributed by atoms with Gasteiger partial charge >= 0.3 is 11.8 Å². The Morgan fingerprint density at radius 2 is 1.79 bits per heavy atom. The molecule has 0 radical (unpaired) electrons. The number of H-pyrrole nitrogens is 1. The minimum Gasteiger partial charge on any atom is -0.436 e. The predicted octanol–water partition coefficient (Wildman–Crippen LogP) is 2.20. The topological polar surface area (TPSA) is 70.6 Å². The molecule has 2 saturated heterocycles. The third-order valence-electron chi connectivity index (χ3n) is 6.01. The van der Waals surface area contributed by atoms with E-state index < -0.39 is 0 Å². The van der Waals surface area contributed by atoms with Crippen molar-refractivity contribution in [1.29, 1.82) is 0 Å². The number of aromatic amines is 1. The Morgan fingerprint density at radius 3 is 2.50 bits per heavy atom. The van der Waals surface area contributed by atoms with E-state index in [0.717, 1.165) is 49.8 Å². The molecular weight excluding hydrogens is 356 g/mol. The van der Waals surface area contributed by atoms with Crippen LogP contribution in [0.1, 0.15) is 31.7 Å². The quantitative estimate of drug-likeness (QED) is 0.827. The van der Waals surface area contributed by atoms with E-state index in [9.17, 15) is 9.59 Å². The van der Waals surface area contributed by atoms with Crippen molar-refractivity contribution in [3.8, 4) is 12.3 Å². The van der Waals surface area contributed by atoms with Crippen LogP contribution in [0.4, 0.5) is 4.79 Å². The molecule has 0 aliphatic carbocycles. The van der Waals surface area contributed by atoms with Crippen LogP contribution in [-0.4, -0.2) is 64.3 Å². The van der Waals surface area contributed by atoms with Crippen LogP contribution in [-0.2, 0) is 4.74 Å². The minimum absolute atomic E-state index is 0.0153. The van der Waals surface area contributed by atoms with E-state index in [1.807, 2.05) is 28.8 Å². The smallest absolute Gasteiger partial charge is 0.410 e. The van der Waals surface area contributed by atoms with Gasteiger partial charge in [0.25, 0.3) is 0 Å². The molecular formula is C21H26N4O3. The van der Waals surface area contributed by atoms with Crippen LogP contribution in [0.25, 0.3) is 11.0 Å². The first kappa shape index (κ1) is 18.6. The molecule has 28 heavy (non-hydrogen) atoms. The number of hydrogen-bond acceptors (Lipinski definition) is 4. The van der Waals surface area contributed by atoms with Crippen LogP contribution >= 0.6 is 0 Å². The van der Waals surface area contributed by atoms with Gasteiger partial charge in [0.2, 0.25) is 0 Å². The van der Waals surface area contributed by atoms with Crippen LogP contribution in [0.15, 0.2) is 29.1 Å². The van der Waals surface area contributed by atoms with Gasteiger partial charge in [-0.05, 0) is 37.8 Å². The molecule has 7 heteroatoms. The Kier molecular flexibility index (Phi) is 5.40. The van der Waals surface area contributed by atoms with Gasteiger partial charge in [-0.25, -0.2) is 9.59 Å². The maximum atomic E-state index is 12.4. The van der Waals surface area contributed by atoms with E-state index in [0.29, 0.717) is 19.1 Å². The molecule has 2 fully saturated rings. The van der Waals surface area contributed by atoms with Gasteiger partial charge in [0.15, 0.2) is 6.61 Å². The number of nitrogens with one attached hydrogen (secondary N) is 1. The highest BCUT2D eigenvalue weighted by molar-refractivity contribution is 5.75. The lowest BCUT2D eigenvalue weighted by atomic mass is 9.97. The number of hydrogen-bond donors (Lipinski definition) is 1. The number of imidazole rings is 1. The lowest BCUT2D eigenvalue weighted by Crippen LogP contribution is -2.49. The summed E-state index contributed by atoms with van der Waals surface area (Å²) in [5.41, 5.74) is 1.88. The second-order valence-electron chi connectivity index (χ2n) is 7.56. The Labute approximate surface area is 164 Å². The molecule has 1 N–H and O–H groups in total. The molecule has 1 aromatic heterocycles. The van der Waals surface area contributed by atoms with Gasteiger partial charge in [0, 0.05) is 38.3 Å². The number of rotatable bonds is 3. The van der Waals surface area contributed by atoms with Gasteiger partial charge < -0.3 is 19.5 Å². The molecule has 3 heterocycles. The highest BCUT2D eigenvalue weighted by atomic mass is 16.6. The van der Waals surface area contributed by atoms with Crippen molar-refractivity contribution in [3.63, 3.8) is 0 Å². The van der Waals surface area contributed by atoms with Crippen LogP contribution in [0.5, 0.6) is 0 Å². The number of para-hydroxylation sites is 2. The van der Waals surface area contributed by atoms with E-state index >= 15 is 0 Å². The lowest BCUT2D eigenvalue weighted by Gasteiger charge is -2.41. The highest BCUT2D eigenvalue weighted by Gasteiger charge is 2.31. The first-order valence-corrected chi connectivity index (χ1v) is 9.96.